The molecule has 7 heteroatoms. The van der Waals surface area contributed by atoms with Crippen LogP contribution in [0.3, 0.4) is 0 Å². The molecule has 0 bridgehead atoms. The van der Waals surface area contributed by atoms with E-state index in [0.29, 0.717) is 23.4 Å². The Balaban J connectivity index is 1.10. The average Bonchev–Trinajstić information content (AvgIpc) is 3.94. The molecule has 248 valence electrons. The van der Waals surface area contributed by atoms with Gasteiger partial charge in [0.15, 0.2) is 23.1 Å². The molecule has 0 aliphatic rings. The molecule has 0 radical (unpaired) electrons. The van der Waals surface area contributed by atoms with E-state index in [9.17, 15) is 0 Å². The molecule has 11 rings (SSSR count). The SMILES string of the molecule is c1ccc(-c2nc(-c3cccc4sc5ccccc5c34)nc(-c3cccc4sc5ccc(-c6cccc(-c7nc8ccccc8o7)c6)cc5c34)n2)cc1. The normalized spacial score (nSPS) is 11.8. The first-order valence-electron chi connectivity index (χ1n) is 17.4. The van der Waals surface area contributed by atoms with Crippen molar-refractivity contribution >= 4 is 74.1 Å². The topological polar surface area (TPSA) is 64.7 Å². The molecule has 0 saturated heterocycles. The highest BCUT2D eigenvalue weighted by atomic mass is 32.1. The summed E-state index contributed by atoms with van der Waals surface area (Å²) in [4.78, 5) is 20.4. The van der Waals surface area contributed by atoms with E-state index in [-0.39, 0.29) is 0 Å². The summed E-state index contributed by atoms with van der Waals surface area (Å²) in [5, 5.41) is 4.69. The predicted octanol–water partition coefficient (Wildman–Crippen LogP) is 13.1. The van der Waals surface area contributed by atoms with Crippen molar-refractivity contribution in [1.29, 1.82) is 0 Å². The third-order valence-electron chi connectivity index (χ3n) is 9.78. The van der Waals surface area contributed by atoms with Crippen LogP contribution < -0.4 is 0 Å². The minimum absolute atomic E-state index is 0.614. The van der Waals surface area contributed by atoms with Gasteiger partial charge in [0.1, 0.15) is 5.52 Å². The molecule has 0 unspecified atom stereocenters. The van der Waals surface area contributed by atoms with Crippen molar-refractivity contribution in [2.24, 2.45) is 0 Å². The molecule has 5 nitrogen and oxygen atoms in total. The number of fused-ring (bicyclic) bond motifs is 7. The maximum Gasteiger partial charge on any atom is 0.227 e. The van der Waals surface area contributed by atoms with Crippen LogP contribution in [0.2, 0.25) is 0 Å². The number of oxazole rings is 1. The molecule has 0 saturated carbocycles. The highest BCUT2D eigenvalue weighted by Gasteiger charge is 2.20. The van der Waals surface area contributed by atoms with Gasteiger partial charge in [-0.25, -0.2) is 19.9 Å². The van der Waals surface area contributed by atoms with Crippen LogP contribution in [0.1, 0.15) is 0 Å². The zero-order chi connectivity index (χ0) is 34.9. The van der Waals surface area contributed by atoms with Gasteiger partial charge in [0.2, 0.25) is 5.89 Å². The van der Waals surface area contributed by atoms with Crippen molar-refractivity contribution in [1.82, 2.24) is 19.9 Å². The van der Waals surface area contributed by atoms with Crippen LogP contribution in [-0.4, -0.2) is 19.9 Å². The van der Waals surface area contributed by atoms with Gasteiger partial charge in [-0.2, -0.15) is 0 Å². The quantitative estimate of drug-likeness (QED) is 0.178. The summed E-state index contributed by atoms with van der Waals surface area (Å²) in [6.45, 7) is 0. The zero-order valence-corrected chi connectivity index (χ0v) is 29.7. The number of rotatable bonds is 5. The first-order chi connectivity index (χ1) is 26.2. The molecule has 7 aromatic carbocycles. The monoisotopic (exact) mass is 714 g/mol. The second-order valence-corrected chi connectivity index (χ2v) is 15.2. The number of nitrogens with zero attached hydrogens (tertiary/aromatic N) is 4. The van der Waals surface area contributed by atoms with Crippen LogP contribution in [0.15, 0.2) is 162 Å². The minimum atomic E-state index is 0.614. The van der Waals surface area contributed by atoms with Gasteiger partial charge in [0, 0.05) is 62.6 Å². The Hall–Kier alpha value is -6.54. The summed E-state index contributed by atoms with van der Waals surface area (Å²) in [6, 6.07) is 54.6. The second-order valence-electron chi connectivity index (χ2n) is 13.0. The molecule has 4 aromatic heterocycles. The molecule has 0 aliphatic carbocycles. The Morgan fingerprint density at radius 2 is 0.962 bits per heavy atom. The summed E-state index contributed by atoms with van der Waals surface area (Å²) in [5.74, 6) is 2.58. The Morgan fingerprint density at radius 3 is 1.75 bits per heavy atom. The lowest BCUT2D eigenvalue weighted by Crippen LogP contribution is -2.00. The molecule has 0 amide bonds. The number of benzene rings is 7. The molecule has 0 spiro atoms. The summed E-state index contributed by atoms with van der Waals surface area (Å²) in [6.07, 6.45) is 0. The number of aromatic nitrogens is 4. The van der Waals surface area contributed by atoms with E-state index >= 15 is 0 Å². The highest BCUT2D eigenvalue weighted by molar-refractivity contribution is 7.26. The van der Waals surface area contributed by atoms with Crippen LogP contribution in [0.25, 0.3) is 108 Å². The van der Waals surface area contributed by atoms with Crippen molar-refractivity contribution in [2.45, 2.75) is 0 Å². The van der Waals surface area contributed by atoms with Gasteiger partial charge in [-0.1, -0.05) is 103 Å². The summed E-state index contributed by atoms with van der Waals surface area (Å²) >= 11 is 3.58. The maximum absolute atomic E-state index is 6.12. The van der Waals surface area contributed by atoms with E-state index in [4.69, 9.17) is 24.4 Å². The zero-order valence-electron chi connectivity index (χ0n) is 28.0. The van der Waals surface area contributed by atoms with Crippen LogP contribution >= 0.6 is 22.7 Å². The third kappa shape index (κ3) is 5.04. The fraction of sp³-hybridized carbons (Fsp3) is 0. The molecule has 0 fully saturated rings. The number of hydrogen-bond donors (Lipinski definition) is 0. The van der Waals surface area contributed by atoms with Crippen molar-refractivity contribution in [3.05, 3.63) is 158 Å². The first-order valence-corrected chi connectivity index (χ1v) is 19.0. The predicted molar refractivity (Wildman–Crippen MR) is 220 cm³/mol. The number of thiophene rings is 2. The largest absolute Gasteiger partial charge is 0.436 e. The van der Waals surface area contributed by atoms with E-state index in [1.807, 2.05) is 48.5 Å². The first kappa shape index (κ1) is 30.1. The lowest BCUT2D eigenvalue weighted by atomic mass is 9.99. The molecule has 53 heavy (non-hydrogen) atoms. The van der Waals surface area contributed by atoms with Crippen molar-refractivity contribution in [3.8, 4) is 56.7 Å². The lowest BCUT2D eigenvalue weighted by Gasteiger charge is -2.11. The third-order valence-corrected chi connectivity index (χ3v) is 12.1. The highest BCUT2D eigenvalue weighted by Crippen LogP contribution is 2.43. The smallest absolute Gasteiger partial charge is 0.227 e. The van der Waals surface area contributed by atoms with Crippen molar-refractivity contribution in [3.63, 3.8) is 0 Å². The fourth-order valence-electron chi connectivity index (χ4n) is 7.31. The van der Waals surface area contributed by atoms with E-state index in [1.54, 1.807) is 22.7 Å². The van der Waals surface area contributed by atoms with Gasteiger partial charge in [-0.05, 0) is 65.7 Å². The van der Waals surface area contributed by atoms with E-state index in [1.165, 1.54) is 35.0 Å². The Kier molecular flexibility index (Phi) is 6.83. The standard InChI is InChI=1S/C46H26N4OS2/c1-2-11-27(12-3-1)43-48-44(32-16-9-21-39-41(32)31-15-4-7-20-37(31)52-39)50-45(49-43)33-17-10-22-40-42(33)34-26-29(23-24-38(34)53-40)28-13-8-14-30(25-28)46-47-35-18-5-6-19-36(35)51-46/h1-26H. The number of para-hydroxylation sites is 2. The van der Waals surface area contributed by atoms with E-state index in [0.717, 1.165) is 49.9 Å². The van der Waals surface area contributed by atoms with Gasteiger partial charge in [0.25, 0.3) is 0 Å². The van der Waals surface area contributed by atoms with E-state index < -0.39 is 0 Å². The minimum Gasteiger partial charge on any atom is -0.436 e. The van der Waals surface area contributed by atoms with Gasteiger partial charge >= 0.3 is 0 Å². The summed E-state index contributed by atoms with van der Waals surface area (Å²) in [5.41, 5.74) is 7.71. The Morgan fingerprint density at radius 1 is 0.377 bits per heavy atom. The van der Waals surface area contributed by atoms with Crippen LogP contribution in [0, 0.1) is 0 Å². The average molecular weight is 715 g/mol. The van der Waals surface area contributed by atoms with Crippen molar-refractivity contribution < 1.29 is 4.42 Å². The van der Waals surface area contributed by atoms with E-state index in [2.05, 4.69) is 109 Å². The van der Waals surface area contributed by atoms with Crippen LogP contribution in [0.5, 0.6) is 0 Å². The Labute approximate surface area is 311 Å². The molecule has 11 aromatic rings. The molecular weight excluding hydrogens is 689 g/mol. The maximum atomic E-state index is 6.12. The van der Waals surface area contributed by atoms with Crippen LogP contribution in [0.4, 0.5) is 0 Å². The number of hydrogen-bond acceptors (Lipinski definition) is 7. The molecule has 4 heterocycles. The molecule has 0 aliphatic heterocycles. The fourth-order valence-corrected chi connectivity index (χ4v) is 9.56. The molecule has 0 atom stereocenters. The molecule has 0 N–H and O–H groups in total. The second kappa shape index (κ2) is 12.0. The lowest BCUT2D eigenvalue weighted by molar-refractivity contribution is 0.620. The van der Waals surface area contributed by atoms with Crippen LogP contribution in [-0.2, 0) is 0 Å². The molecular formula is C46H26N4OS2. The van der Waals surface area contributed by atoms with Gasteiger partial charge in [0.05, 0.1) is 0 Å². The van der Waals surface area contributed by atoms with Gasteiger partial charge in [-0.15, -0.1) is 22.7 Å². The Bertz CT molecular complexity index is 3160. The summed E-state index contributed by atoms with van der Waals surface area (Å²) in [7, 11) is 0. The van der Waals surface area contributed by atoms with Gasteiger partial charge < -0.3 is 4.42 Å². The summed E-state index contributed by atoms with van der Waals surface area (Å²) < 4.78 is 11.0. The van der Waals surface area contributed by atoms with Crippen molar-refractivity contribution in [2.75, 3.05) is 0 Å². The van der Waals surface area contributed by atoms with Gasteiger partial charge in [-0.3, -0.25) is 0 Å².